The van der Waals surface area contributed by atoms with E-state index in [1.54, 1.807) is 0 Å². The maximum absolute atomic E-state index is 12.3. The molecule has 0 radical (unpaired) electrons. The zero-order valence-electron chi connectivity index (χ0n) is 15.8. The van der Waals surface area contributed by atoms with Gasteiger partial charge in [0, 0.05) is 19.7 Å². The summed E-state index contributed by atoms with van der Waals surface area (Å²) in [4.78, 5) is 17.0. The molecule has 0 aliphatic carbocycles. The minimum absolute atomic E-state index is 0.0298. The summed E-state index contributed by atoms with van der Waals surface area (Å²) in [5, 5.41) is 3.88. The number of hydrogen-bond donors (Lipinski definition) is 1. The molecule has 2 aromatic carbocycles. The molecule has 1 atom stereocenters. The fraction of sp³-hybridized carbons (Fsp3) is 0.364. The Labute approximate surface area is 169 Å². The van der Waals surface area contributed by atoms with Gasteiger partial charge in [0.25, 0.3) is 0 Å². The van der Waals surface area contributed by atoms with Crippen LogP contribution >= 0.6 is 11.8 Å². The van der Waals surface area contributed by atoms with Crippen LogP contribution in [0.5, 0.6) is 0 Å². The molecule has 1 aliphatic rings. The fourth-order valence-electron chi connectivity index (χ4n) is 3.48. The van der Waals surface area contributed by atoms with Gasteiger partial charge in [0.1, 0.15) is 0 Å². The molecule has 5 nitrogen and oxygen atoms in total. The van der Waals surface area contributed by atoms with Crippen LogP contribution in [-0.4, -0.2) is 40.5 Å². The number of hydrogen-bond acceptors (Lipinski definition) is 4. The highest BCUT2D eigenvalue weighted by molar-refractivity contribution is 7.99. The Morgan fingerprint density at radius 2 is 2.00 bits per heavy atom. The van der Waals surface area contributed by atoms with E-state index in [0.29, 0.717) is 12.3 Å². The first kappa shape index (κ1) is 19.0. The van der Waals surface area contributed by atoms with E-state index in [0.717, 1.165) is 48.6 Å². The summed E-state index contributed by atoms with van der Waals surface area (Å²) in [6.45, 7) is 2.24. The average Bonchev–Trinajstić information content (AvgIpc) is 3.37. The Hall–Kier alpha value is -2.31. The molecule has 4 rings (SSSR count). The van der Waals surface area contributed by atoms with Gasteiger partial charge in [-0.1, -0.05) is 54.2 Å². The van der Waals surface area contributed by atoms with Crippen LogP contribution in [0.2, 0.25) is 0 Å². The van der Waals surface area contributed by atoms with Gasteiger partial charge in [-0.3, -0.25) is 4.79 Å². The molecule has 1 N–H and O–H groups in total. The van der Waals surface area contributed by atoms with Crippen molar-refractivity contribution < 1.29 is 9.53 Å². The van der Waals surface area contributed by atoms with E-state index >= 15 is 0 Å². The van der Waals surface area contributed by atoms with E-state index in [-0.39, 0.29) is 12.0 Å². The van der Waals surface area contributed by atoms with Gasteiger partial charge in [0.2, 0.25) is 5.91 Å². The molecule has 0 bridgehead atoms. The van der Waals surface area contributed by atoms with Gasteiger partial charge in [-0.2, -0.15) is 0 Å². The third kappa shape index (κ3) is 4.75. The maximum Gasteiger partial charge on any atom is 0.230 e. The second-order valence-corrected chi connectivity index (χ2v) is 7.94. The summed E-state index contributed by atoms with van der Waals surface area (Å²) in [6, 6.07) is 18.6. The molecule has 6 heteroatoms. The van der Waals surface area contributed by atoms with Crippen molar-refractivity contribution in [1.29, 1.82) is 0 Å². The van der Waals surface area contributed by atoms with Crippen molar-refractivity contribution in [3.05, 3.63) is 60.2 Å². The number of carbonyl (C=O) groups is 1. The summed E-state index contributed by atoms with van der Waals surface area (Å²) in [6.07, 6.45) is 3.22. The number of nitrogens with zero attached hydrogens (tertiary/aromatic N) is 2. The predicted molar refractivity (Wildman–Crippen MR) is 113 cm³/mol. The zero-order valence-corrected chi connectivity index (χ0v) is 16.7. The first-order valence-electron chi connectivity index (χ1n) is 9.80. The largest absolute Gasteiger partial charge is 0.376 e. The molecule has 0 saturated carbocycles. The van der Waals surface area contributed by atoms with Crippen LogP contribution in [0, 0.1) is 0 Å². The Balaban J connectivity index is 1.41. The number of amides is 1. The maximum atomic E-state index is 12.3. The number of benzene rings is 2. The number of carbonyl (C=O) groups excluding carboxylic acids is 1. The zero-order chi connectivity index (χ0) is 19.2. The number of ether oxygens (including phenoxy) is 1. The lowest BCUT2D eigenvalue weighted by Crippen LogP contribution is -2.32. The number of rotatable bonds is 8. The van der Waals surface area contributed by atoms with Gasteiger partial charge in [0.15, 0.2) is 5.16 Å². The molecular weight excluding hydrogens is 370 g/mol. The van der Waals surface area contributed by atoms with E-state index in [1.165, 1.54) is 17.3 Å². The van der Waals surface area contributed by atoms with E-state index in [2.05, 4.69) is 40.2 Å². The molecule has 1 saturated heterocycles. The van der Waals surface area contributed by atoms with Crippen LogP contribution in [0.3, 0.4) is 0 Å². The van der Waals surface area contributed by atoms with Crippen LogP contribution in [0.15, 0.2) is 59.8 Å². The summed E-state index contributed by atoms with van der Waals surface area (Å²) >= 11 is 1.50. The van der Waals surface area contributed by atoms with Crippen molar-refractivity contribution in [3.63, 3.8) is 0 Å². The first-order chi connectivity index (χ1) is 13.8. The number of imidazole rings is 1. The average molecular weight is 396 g/mol. The van der Waals surface area contributed by atoms with Crippen LogP contribution in [0.4, 0.5) is 0 Å². The molecule has 3 aromatic rings. The lowest BCUT2D eigenvalue weighted by molar-refractivity contribution is -0.119. The minimum atomic E-state index is 0.0298. The van der Waals surface area contributed by atoms with Crippen molar-refractivity contribution in [1.82, 2.24) is 14.9 Å². The molecule has 1 fully saturated rings. The number of para-hydroxylation sites is 2. The Bertz CT molecular complexity index is 920. The lowest BCUT2D eigenvalue weighted by atomic mass is 10.1. The number of fused-ring (bicyclic) bond motifs is 1. The standard InChI is InChI=1S/C22H25N3O2S/c26-21(23-15-18-9-6-14-27-18)16-28-22-24-19-10-4-5-11-20(19)25(22)13-12-17-7-2-1-3-8-17/h1-5,7-8,10-11,18H,6,9,12-16H2,(H,23,26). The molecule has 1 aliphatic heterocycles. The molecule has 0 spiro atoms. The molecule has 28 heavy (non-hydrogen) atoms. The fourth-order valence-corrected chi connectivity index (χ4v) is 4.35. The summed E-state index contributed by atoms with van der Waals surface area (Å²) in [5.41, 5.74) is 3.38. The van der Waals surface area contributed by atoms with E-state index in [9.17, 15) is 4.79 Å². The van der Waals surface area contributed by atoms with Crippen molar-refractivity contribution >= 4 is 28.7 Å². The molecular formula is C22H25N3O2S. The lowest BCUT2D eigenvalue weighted by Gasteiger charge is -2.11. The van der Waals surface area contributed by atoms with E-state index in [4.69, 9.17) is 9.72 Å². The normalized spacial score (nSPS) is 16.5. The number of aromatic nitrogens is 2. The van der Waals surface area contributed by atoms with Crippen LogP contribution in [0.25, 0.3) is 11.0 Å². The summed E-state index contributed by atoms with van der Waals surface area (Å²) in [7, 11) is 0. The van der Waals surface area contributed by atoms with Crippen LogP contribution < -0.4 is 5.32 Å². The van der Waals surface area contributed by atoms with E-state index < -0.39 is 0 Å². The van der Waals surface area contributed by atoms with Crippen molar-refractivity contribution in [3.8, 4) is 0 Å². The summed E-state index contributed by atoms with van der Waals surface area (Å²) < 4.78 is 7.78. The van der Waals surface area contributed by atoms with Gasteiger partial charge < -0.3 is 14.6 Å². The Kier molecular flexibility index (Phi) is 6.29. The molecule has 1 unspecified atom stereocenters. The second kappa shape index (κ2) is 9.26. The number of aryl methyl sites for hydroxylation is 2. The third-order valence-electron chi connectivity index (χ3n) is 4.97. The minimum Gasteiger partial charge on any atom is -0.376 e. The quantitative estimate of drug-likeness (QED) is 0.592. The number of thioether (sulfide) groups is 1. The molecule has 1 amide bonds. The van der Waals surface area contributed by atoms with Gasteiger partial charge in [0.05, 0.1) is 22.9 Å². The number of nitrogens with one attached hydrogen (secondary N) is 1. The molecule has 146 valence electrons. The van der Waals surface area contributed by atoms with Gasteiger partial charge >= 0.3 is 0 Å². The highest BCUT2D eigenvalue weighted by Gasteiger charge is 2.17. The SMILES string of the molecule is O=C(CSc1nc2ccccc2n1CCc1ccccc1)NCC1CCCO1. The smallest absolute Gasteiger partial charge is 0.230 e. The highest BCUT2D eigenvalue weighted by Crippen LogP contribution is 2.24. The molecule has 1 aromatic heterocycles. The topological polar surface area (TPSA) is 56.2 Å². The monoisotopic (exact) mass is 395 g/mol. The van der Waals surface area contributed by atoms with E-state index in [1.807, 2.05) is 24.3 Å². The summed E-state index contributed by atoms with van der Waals surface area (Å²) in [5.74, 6) is 0.392. The second-order valence-electron chi connectivity index (χ2n) is 7.00. The van der Waals surface area contributed by atoms with Crippen molar-refractivity contribution in [2.24, 2.45) is 0 Å². The van der Waals surface area contributed by atoms with Gasteiger partial charge in [-0.15, -0.1) is 0 Å². The molecule has 2 heterocycles. The highest BCUT2D eigenvalue weighted by atomic mass is 32.2. The predicted octanol–water partition coefficient (Wildman–Crippen LogP) is 3.67. The van der Waals surface area contributed by atoms with Gasteiger partial charge in [-0.05, 0) is 37.0 Å². The van der Waals surface area contributed by atoms with Crippen molar-refractivity contribution in [2.75, 3.05) is 18.9 Å². The Morgan fingerprint density at radius 3 is 2.82 bits per heavy atom. The van der Waals surface area contributed by atoms with Crippen molar-refractivity contribution in [2.45, 2.75) is 37.1 Å². The Morgan fingerprint density at radius 1 is 1.18 bits per heavy atom. The first-order valence-corrected chi connectivity index (χ1v) is 10.8. The third-order valence-corrected chi connectivity index (χ3v) is 5.95. The van der Waals surface area contributed by atoms with Crippen LogP contribution in [-0.2, 0) is 22.5 Å². The van der Waals surface area contributed by atoms with Crippen LogP contribution in [0.1, 0.15) is 18.4 Å². The van der Waals surface area contributed by atoms with Gasteiger partial charge in [-0.25, -0.2) is 4.98 Å².